The maximum absolute atomic E-state index is 12.0. The summed E-state index contributed by atoms with van der Waals surface area (Å²) in [4.78, 5) is 13.3. The second-order valence-corrected chi connectivity index (χ2v) is 9.54. The maximum atomic E-state index is 12.0. The highest BCUT2D eigenvalue weighted by atomic mass is 32.2. The second-order valence-electron chi connectivity index (χ2n) is 7.53. The average Bonchev–Trinajstić information content (AvgIpc) is 3.28. The van der Waals surface area contributed by atoms with Gasteiger partial charge in [-0.1, -0.05) is 36.4 Å². The molecule has 0 fully saturated rings. The van der Waals surface area contributed by atoms with Crippen molar-refractivity contribution in [2.75, 3.05) is 11.6 Å². The lowest BCUT2D eigenvalue weighted by Gasteiger charge is -2.12. The quantitative estimate of drug-likeness (QED) is 0.414. The van der Waals surface area contributed by atoms with Gasteiger partial charge in [-0.25, -0.2) is 17.9 Å². The minimum atomic E-state index is -3.41. The van der Waals surface area contributed by atoms with E-state index in [1.165, 1.54) is 12.3 Å². The Morgan fingerprint density at radius 3 is 2.55 bits per heavy atom. The summed E-state index contributed by atoms with van der Waals surface area (Å²) in [5.74, 6) is 0.971. The summed E-state index contributed by atoms with van der Waals surface area (Å²) >= 11 is 0. The predicted octanol–water partition coefficient (Wildman–Crippen LogP) is 3.87. The van der Waals surface area contributed by atoms with Crippen molar-refractivity contribution in [2.24, 2.45) is 0 Å². The van der Waals surface area contributed by atoms with E-state index in [-0.39, 0.29) is 4.90 Å². The van der Waals surface area contributed by atoms with Gasteiger partial charge in [0.2, 0.25) is 0 Å². The Morgan fingerprint density at radius 2 is 1.79 bits per heavy atom. The van der Waals surface area contributed by atoms with Crippen molar-refractivity contribution in [2.45, 2.75) is 11.4 Å². The largest absolute Gasteiger partial charge is 0.363 e. The zero-order chi connectivity index (χ0) is 22.8. The molecule has 8 nitrogen and oxygen atoms in total. The lowest BCUT2D eigenvalue weighted by atomic mass is 10.1. The fourth-order valence-corrected chi connectivity index (χ4v) is 4.14. The van der Waals surface area contributed by atoms with E-state index in [1.54, 1.807) is 16.9 Å². The third-order valence-electron chi connectivity index (χ3n) is 5.16. The van der Waals surface area contributed by atoms with Crippen molar-refractivity contribution < 1.29 is 8.42 Å². The minimum absolute atomic E-state index is 0.115. The van der Waals surface area contributed by atoms with Gasteiger partial charge in [0, 0.05) is 42.2 Å². The molecule has 164 valence electrons. The molecule has 0 aliphatic heterocycles. The third-order valence-corrected chi connectivity index (χ3v) is 6.24. The Bertz CT molecular complexity index is 1530. The molecular weight excluding hydrogens is 436 g/mol. The number of hydrogen-bond acceptors (Lipinski definition) is 7. The molecule has 0 radical (unpaired) electrons. The van der Waals surface area contributed by atoms with Gasteiger partial charge in [-0.05, 0) is 29.8 Å². The van der Waals surface area contributed by atoms with Crippen LogP contribution in [0.25, 0.3) is 28.0 Å². The highest BCUT2D eigenvalue weighted by Gasteiger charge is 2.17. The number of pyridine rings is 2. The van der Waals surface area contributed by atoms with Gasteiger partial charge < -0.3 is 5.32 Å². The molecule has 0 amide bonds. The number of anilines is 1. The number of nitrogens with zero attached hydrogens (tertiary/aromatic N) is 5. The molecule has 0 aliphatic rings. The van der Waals surface area contributed by atoms with Crippen molar-refractivity contribution in [1.82, 2.24) is 24.6 Å². The molecular formula is C24H20N6O2S. The number of rotatable bonds is 6. The van der Waals surface area contributed by atoms with Crippen LogP contribution in [0.5, 0.6) is 0 Å². The Balaban J connectivity index is 1.65. The molecule has 9 heteroatoms. The smallest absolute Gasteiger partial charge is 0.183 e. The average molecular weight is 457 g/mol. The van der Waals surface area contributed by atoms with Gasteiger partial charge in [0.25, 0.3) is 0 Å². The minimum Gasteiger partial charge on any atom is -0.363 e. The standard InChI is InChI=1S/C24H20N6O2S/c1-33(31,32)20-13-18(14-25-16-20)23-28-24(27-15-19-9-5-6-11-26-19)22-21(10-12-30(22)29-23)17-7-3-2-4-8-17/h2-14,16H,15H2,1H3,(H,27,28,29). The number of aromatic nitrogens is 5. The first-order valence-electron chi connectivity index (χ1n) is 10.2. The molecule has 0 bridgehead atoms. The predicted molar refractivity (Wildman–Crippen MR) is 126 cm³/mol. The molecule has 33 heavy (non-hydrogen) atoms. The van der Waals surface area contributed by atoms with E-state index in [0.717, 1.165) is 28.6 Å². The van der Waals surface area contributed by atoms with Crippen LogP contribution in [0.15, 0.2) is 90.3 Å². The molecule has 0 aliphatic carbocycles. The maximum Gasteiger partial charge on any atom is 0.183 e. The lowest BCUT2D eigenvalue weighted by Crippen LogP contribution is -2.08. The summed E-state index contributed by atoms with van der Waals surface area (Å²) in [5, 5.41) is 8.03. The van der Waals surface area contributed by atoms with Crippen molar-refractivity contribution in [3.63, 3.8) is 0 Å². The Kier molecular flexibility index (Phi) is 5.31. The number of sulfone groups is 1. The molecule has 0 saturated heterocycles. The second kappa shape index (κ2) is 8.44. The number of nitrogens with one attached hydrogen (secondary N) is 1. The van der Waals surface area contributed by atoms with E-state index in [2.05, 4.69) is 20.4 Å². The van der Waals surface area contributed by atoms with Crippen LogP contribution in [0.2, 0.25) is 0 Å². The van der Waals surface area contributed by atoms with E-state index in [4.69, 9.17) is 4.98 Å². The molecule has 0 unspecified atom stereocenters. The first-order chi connectivity index (χ1) is 16.0. The topological polar surface area (TPSA) is 102 Å². The van der Waals surface area contributed by atoms with Gasteiger partial charge >= 0.3 is 0 Å². The van der Waals surface area contributed by atoms with E-state index in [0.29, 0.717) is 23.8 Å². The molecule has 5 rings (SSSR count). The number of benzene rings is 1. The van der Waals surface area contributed by atoms with Gasteiger partial charge in [0.15, 0.2) is 21.5 Å². The summed E-state index contributed by atoms with van der Waals surface area (Å²) in [6.45, 7) is 0.466. The van der Waals surface area contributed by atoms with Crippen LogP contribution >= 0.6 is 0 Å². The van der Waals surface area contributed by atoms with E-state index in [1.807, 2.05) is 60.8 Å². The molecule has 0 saturated carbocycles. The van der Waals surface area contributed by atoms with Crippen LogP contribution in [0, 0.1) is 0 Å². The Labute approximate surface area is 190 Å². The van der Waals surface area contributed by atoms with E-state index in [9.17, 15) is 8.42 Å². The lowest BCUT2D eigenvalue weighted by molar-refractivity contribution is 0.601. The Hall–Kier alpha value is -4.11. The molecule has 1 aromatic carbocycles. The fraction of sp³-hybridized carbons (Fsp3) is 0.0833. The van der Waals surface area contributed by atoms with Crippen LogP contribution in [-0.4, -0.2) is 39.2 Å². The van der Waals surface area contributed by atoms with E-state index >= 15 is 0 Å². The zero-order valence-corrected chi connectivity index (χ0v) is 18.6. The van der Waals surface area contributed by atoms with Gasteiger partial charge in [-0.2, -0.15) is 0 Å². The molecule has 0 atom stereocenters. The van der Waals surface area contributed by atoms with Crippen LogP contribution in [-0.2, 0) is 16.4 Å². The van der Waals surface area contributed by atoms with Crippen LogP contribution < -0.4 is 5.32 Å². The molecule has 4 heterocycles. The van der Waals surface area contributed by atoms with Crippen LogP contribution in [0.3, 0.4) is 0 Å². The normalized spacial score (nSPS) is 11.5. The summed E-state index contributed by atoms with van der Waals surface area (Å²) < 4.78 is 25.8. The molecule has 5 aromatic rings. The number of hydrogen-bond donors (Lipinski definition) is 1. The van der Waals surface area contributed by atoms with Crippen LogP contribution in [0.1, 0.15) is 5.69 Å². The Morgan fingerprint density at radius 1 is 0.970 bits per heavy atom. The highest BCUT2D eigenvalue weighted by Crippen LogP contribution is 2.31. The first-order valence-corrected chi connectivity index (χ1v) is 12.1. The SMILES string of the molecule is CS(=O)(=O)c1cncc(-c2nc(NCc3ccccn3)c3c(-c4ccccc4)ccn3n2)c1. The van der Waals surface area contributed by atoms with Crippen molar-refractivity contribution in [3.8, 4) is 22.5 Å². The van der Waals surface area contributed by atoms with Crippen molar-refractivity contribution in [3.05, 3.63) is 91.1 Å². The van der Waals surface area contributed by atoms with Crippen LogP contribution in [0.4, 0.5) is 5.82 Å². The first kappa shape index (κ1) is 20.8. The summed E-state index contributed by atoms with van der Waals surface area (Å²) in [6.07, 6.45) is 7.63. The van der Waals surface area contributed by atoms with E-state index < -0.39 is 9.84 Å². The molecule has 0 spiro atoms. The number of fused-ring (bicyclic) bond motifs is 1. The van der Waals surface area contributed by atoms with Crippen molar-refractivity contribution in [1.29, 1.82) is 0 Å². The zero-order valence-electron chi connectivity index (χ0n) is 17.8. The highest BCUT2D eigenvalue weighted by molar-refractivity contribution is 7.90. The molecule has 1 N–H and O–H groups in total. The van der Waals surface area contributed by atoms with Gasteiger partial charge in [0.05, 0.1) is 17.1 Å². The molecule has 4 aromatic heterocycles. The van der Waals surface area contributed by atoms with Gasteiger partial charge in [-0.15, -0.1) is 5.10 Å². The van der Waals surface area contributed by atoms with Crippen molar-refractivity contribution >= 4 is 21.2 Å². The summed E-state index contributed by atoms with van der Waals surface area (Å²) in [5.41, 5.74) is 4.21. The van der Waals surface area contributed by atoms with Gasteiger partial charge in [0.1, 0.15) is 5.52 Å². The monoisotopic (exact) mass is 456 g/mol. The fourth-order valence-electron chi connectivity index (χ4n) is 3.54. The summed E-state index contributed by atoms with van der Waals surface area (Å²) in [6, 6.07) is 19.3. The summed E-state index contributed by atoms with van der Waals surface area (Å²) in [7, 11) is -3.41. The third kappa shape index (κ3) is 4.31. The van der Waals surface area contributed by atoms with Gasteiger partial charge in [-0.3, -0.25) is 9.97 Å².